The smallest absolute Gasteiger partial charge is 0.338 e. The number of halogens is 2. The monoisotopic (exact) mass is 636 g/mol. The van der Waals surface area contributed by atoms with E-state index >= 15 is 0 Å². The first-order chi connectivity index (χ1) is 20.8. The summed E-state index contributed by atoms with van der Waals surface area (Å²) in [6.45, 7) is 4.32. The zero-order chi connectivity index (χ0) is 30.5. The second-order valence-corrected chi connectivity index (χ2v) is 11.7. The lowest BCUT2D eigenvalue weighted by Crippen LogP contribution is -2.40. The van der Waals surface area contributed by atoms with Gasteiger partial charge in [-0.05, 0) is 73.0 Å². The molecule has 3 aromatic carbocycles. The Morgan fingerprint density at radius 3 is 2.53 bits per heavy atom. The highest BCUT2D eigenvalue weighted by Gasteiger charge is 2.36. The SMILES string of the molecule is CCCC1=C(C(=O)OCC)[C@@H](c2cc(Cl)ccc2OC)n2c(s/c(=C/c3cccc(OCc4ccc(Cl)cc4)c3)c2=O)=N1. The topological polar surface area (TPSA) is 79.1 Å². The third kappa shape index (κ3) is 6.72. The molecule has 222 valence electrons. The summed E-state index contributed by atoms with van der Waals surface area (Å²) in [7, 11) is 1.54. The van der Waals surface area contributed by atoms with Gasteiger partial charge < -0.3 is 14.2 Å². The van der Waals surface area contributed by atoms with E-state index in [0.717, 1.165) is 17.5 Å². The molecule has 1 atom stereocenters. The second kappa shape index (κ2) is 13.6. The lowest BCUT2D eigenvalue weighted by atomic mass is 9.93. The van der Waals surface area contributed by atoms with Gasteiger partial charge in [-0.1, -0.05) is 72.1 Å². The van der Waals surface area contributed by atoms with Gasteiger partial charge >= 0.3 is 5.97 Å². The van der Waals surface area contributed by atoms with Crippen LogP contribution < -0.4 is 24.4 Å². The quantitative estimate of drug-likeness (QED) is 0.186. The first-order valence-electron chi connectivity index (χ1n) is 13.9. The van der Waals surface area contributed by atoms with Crippen molar-refractivity contribution < 1.29 is 19.0 Å². The van der Waals surface area contributed by atoms with Crippen LogP contribution in [0.25, 0.3) is 6.08 Å². The minimum absolute atomic E-state index is 0.183. The molecular formula is C33H30Cl2N2O5S. The molecule has 0 aliphatic carbocycles. The molecule has 4 aromatic rings. The van der Waals surface area contributed by atoms with Gasteiger partial charge in [0.2, 0.25) is 0 Å². The Labute approximate surface area is 263 Å². The van der Waals surface area contributed by atoms with Crippen LogP contribution in [-0.2, 0) is 16.1 Å². The molecule has 10 heteroatoms. The van der Waals surface area contributed by atoms with Crippen LogP contribution in [0.15, 0.2) is 87.8 Å². The van der Waals surface area contributed by atoms with Gasteiger partial charge in [0.25, 0.3) is 5.56 Å². The maximum atomic E-state index is 14.1. The highest BCUT2D eigenvalue weighted by molar-refractivity contribution is 7.07. The normalized spacial score (nSPS) is 14.7. The molecule has 0 radical (unpaired) electrons. The van der Waals surface area contributed by atoms with Crippen molar-refractivity contribution in [3.05, 3.63) is 124 Å². The fourth-order valence-electron chi connectivity index (χ4n) is 4.93. The average molecular weight is 638 g/mol. The standard InChI is InChI=1S/C33H30Cl2N2O5S/c1-4-7-26-29(32(39)41-5-2)30(25-18-23(35)14-15-27(25)40-3)37-31(38)28(43-33(37)36-26)17-21-8-6-9-24(16-21)42-19-20-10-12-22(34)13-11-20/h6,8-18,30H,4-5,7,19H2,1-3H3/b28-17+/t30-/m1/s1. The number of ether oxygens (including phenoxy) is 3. The van der Waals surface area contributed by atoms with Crippen LogP contribution in [0.5, 0.6) is 11.5 Å². The Kier molecular flexibility index (Phi) is 9.70. The summed E-state index contributed by atoms with van der Waals surface area (Å²) in [5, 5.41) is 1.12. The van der Waals surface area contributed by atoms with E-state index in [9.17, 15) is 9.59 Å². The minimum Gasteiger partial charge on any atom is -0.496 e. The number of aromatic nitrogens is 1. The number of rotatable bonds is 10. The van der Waals surface area contributed by atoms with E-state index in [1.165, 1.54) is 15.9 Å². The van der Waals surface area contributed by atoms with E-state index in [4.69, 9.17) is 42.4 Å². The van der Waals surface area contributed by atoms with Crippen molar-refractivity contribution in [3.63, 3.8) is 0 Å². The van der Waals surface area contributed by atoms with Gasteiger partial charge in [0, 0.05) is 15.6 Å². The molecule has 7 nitrogen and oxygen atoms in total. The third-order valence-corrected chi connectivity index (χ3v) is 8.32. The first-order valence-corrected chi connectivity index (χ1v) is 15.4. The molecular weight excluding hydrogens is 607 g/mol. The summed E-state index contributed by atoms with van der Waals surface area (Å²) in [5.74, 6) is 0.628. The van der Waals surface area contributed by atoms with Gasteiger partial charge in [-0.2, -0.15) is 0 Å². The molecule has 1 aromatic heterocycles. The molecule has 0 saturated carbocycles. The van der Waals surface area contributed by atoms with Crippen LogP contribution in [0, 0.1) is 0 Å². The average Bonchev–Trinajstić information content (AvgIpc) is 3.30. The summed E-state index contributed by atoms with van der Waals surface area (Å²) in [4.78, 5) is 32.8. The number of hydrogen-bond donors (Lipinski definition) is 0. The van der Waals surface area contributed by atoms with Crippen LogP contribution >= 0.6 is 34.5 Å². The van der Waals surface area contributed by atoms with E-state index in [-0.39, 0.29) is 12.2 Å². The Bertz CT molecular complexity index is 1860. The number of carbonyl (C=O) groups is 1. The Balaban J connectivity index is 1.62. The molecule has 5 rings (SSSR count). The van der Waals surface area contributed by atoms with Crippen LogP contribution in [0.3, 0.4) is 0 Å². The van der Waals surface area contributed by atoms with E-state index in [2.05, 4.69) is 0 Å². The molecule has 0 bridgehead atoms. The van der Waals surface area contributed by atoms with Gasteiger partial charge in [-0.15, -0.1) is 0 Å². The van der Waals surface area contributed by atoms with E-state index < -0.39 is 12.0 Å². The number of benzene rings is 3. The number of carbonyl (C=O) groups excluding carboxylic acids is 1. The Morgan fingerprint density at radius 2 is 1.81 bits per heavy atom. The molecule has 0 spiro atoms. The number of fused-ring (bicyclic) bond motifs is 1. The van der Waals surface area contributed by atoms with Crippen molar-refractivity contribution >= 4 is 46.6 Å². The van der Waals surface area contributed by atoms with Gasteiger partial charge in [0.15, 0.2) is 4.80 Å². The van der Waals surface area contributed by atoms with E-state index in [1.54, 1.807) is 38.3 Å². The molecule has 0 N–H and O–H groups in total. The van der Waals surface area contributed by atoms with Gasteiger partial charge in [0.1, 0.15) is 24.1 Å². The molecule has 0 saturated heterocycles. The summed E-state index contributed by atoms with van der Waals surface area (Å²) >= 11 is 13.7. The number of hydrogen-bond acceptors (Lipinski definition) is 7. The number of thiazole rings is 1. The second-order valence-electron chi connectivity index (χ2n) is 9.79. The van der Waals surface area contributed by atoms with Crippen molar-refractivity contribution in [2.24, 2.45) is 4.99 Å². The number of methoxy groups -OCH3 is 1. The maximum Gasteiger partial charge on any atom is 0.338 e. The summed E-state index contributed by atoms with van der Waals surface area (Å²) in [5.41, 5.74) is 2.95. The number of esters is 1. The van der Waals surface area contributed by atoms with E-state index in [0.29, 0.717) is 60.7 Å². The highest BCUT2D eigenvalue weighted by Crippen LogP contribution is 2.38. The van der Waals surface area contributed by atoms with Crippen molar-refractivity contribution in [3.8, 4) is 11.5 Å². The van der Waals surface area contributed by atoms with Crippen LogP contribution in [0.4, 0.5) is 0 Å². The number of nitrogens with zero attached hydrogens (tertiary/aromatic N) is 2. The Morgan fingerprint density at radius 1 is 1.05 bits per heavy atom. The molecule has 2 heterocycles. The summed E-state index contributed by atoms with van der Waals surface area (Å²) < 4.78 is 19.1. The fourth-order valence-corrected chi connectivity index (χ4v) is 6.25. The molecule has 0 amide bonds. The van der Waals surface area contributed by atoms with Crippen molar-refractivity contribution in [1.29, 1.82) is 0 Å². The predicted octanol–water partition coefficient (Wildman–Crippen LogP) is 6.47. The lowest BCUT2D eigenvalue weighted by Gasteiger charge is -2.27. The maximum absolute atomic E-state index is 14.1. The predicted molar refractivity (Wildman–Crippen MR) is 170 cm³/mol. The van der Waals surface area contributed by atoms with Gasteiger partial charge in [-0.3, -0.25) is 9.36 Å². The third-order valence-electron chi connectivity index (χ3n) is 6.85. The largest absolute Gasteiger partial charge is 0.496 e. The van der Waals surface area contributed by atoms with Gasteiger partial charge in [0.05, 0.1) is 29.5 Å². The highest BCUT2D eigenvalue weighted by atomic mass is 35.5. The lowest BCUT2D eigenvalue weighted by molar-refractivity contribution is -0.139. The first kappa shape index (κ1) is 30.6. The van der Waals surface area contributed by atoms with Crippen LogP contribution in [-0.4, -0.2) is 24.3 Å². The zero-order valence-corrected chi connectivity index (χ0v) is 26.3. The Hall–Kier alpha value is -3.85. The van der Waals surface area contributed by atoms with Crippen LogP contribution in [0.2, 0.25) is 10.0 Å². The van der Waals surface area contributed by atoms with E-state index in [1.807, 2.05) is 55.5 Å². The van der Waals surface area contributed by atoms with Crippen molar-refractivity contribution in [2.45, 2.75) is 39.3 Å². The molecule has 0 fully saturated rings. The van der Waals surface area contributed by atoms with Crippen molar-refractivity contribution in [1.82, 2.24) is 4.57 Å². The van der Waals surface area contributed by atoms with Gasteiger partial charge in [-0.25, -0.2) is 9.79 Å². The molecule has 1 aliphatic rings. The van der Waals surface area contributed by atoms with Crippen molar-refractivity contribution in [2.75, 3.05) is 13.7 Å². The fraction of sp³-hybridized carbons (Fsp3) is 0.242. The van der Waals surface area contributed by atoms with Crippen LogP contribution in [0.1, 0.15) is 49.4 Å². The minimum atomic E-state index is -0.832. The summed E-state index contributed by atoms with van der Waals surface area (Å²) in [6.07, 6.45) is 3.09. The molecule has 0 unspecified atom stereocenters. The molecule has 43 heavy (non-hydrogen) atoms. The number of allylic oxidation sites excluding steroid dienone is 1. The zero-order valence-electron chi connectivity index (χ0n) is 23.9. The molecule has 1 aliphatic heterocycles. The summed E-state index contributed by atoms with van der Waals surface area (Å²) in [6, 6.07) is 19.3.